The van der Waals surface area contributed by atoms with E-state index in [1.807, 2.05) is 38.1 Å². The average molecular weight is 363 g/mol. The van der Waals surface area contributed by atoms with Gasteiger partial charge in [-0.2, -0.15) is 0 Å². The number of hydrogen-bond donors (Lipinski definition) is 1. The number of aliphatic hydroxyl groups excluding tert-OH is 1. The summed E-state index contributed by atoms with van der Waals surface area (Å²) >= 11 is 0. The van der Waals surface area contributed by atoms with E-state index in [9.17, 15) is 5.11 Å². The molecule has 0 unspecified atom stereocenters. The second-order valence-corrected chi connectivity index (χ2v) is 7.46. The van der Waals surface area contributed by atoms with Gasteiger partial charge in [0.1, 0.15) is 6.10 Å². The molecule has 1 aromatic rings. The van der Waals surface area contributed by atoms with E-state index in [0.29, 0.717) is 13.0 Å². The van der Waals surface area contributed by atoms with Gasteiger partial charge in [0.25, 0.3) is 0 Å². The predicted octanol–water partition coefficient (Wildman–Crippen LogP) is 4.61. The van der Waals surface area contributed by atoms with Crippen molar-refractivity contribution in [2.75, 3.05) is 6.61 Å². The summed E-state index contributed by atoms with van der Waals surface area (Å²) in [4.78, 5) is 0. The molecule has 1 heterocycles. The first kappa shape index (κ1) is 21.1. The summed E-state index contributed by atoms with van der Waals surface area (Å²) in [6.45, 7) is 8.99. The number of allylic oxidation sites excluding steroid dienone is 1. The molecule has 0 saturated carbocycles. The van der Waals surface area contributed by atoms with Crippen LogP contribution in [0.1, 0.15) is 57.9 Å². The average Bonchev–Trinajstić information content (AvgIpc) is 2.94. The first-order chi connectivity index (χ1) is 12.5. The predicted molar refractivity (Wildman–Crippen MR) is 104 cm³/mol. The normalized spacial score (nSPS) is 23.0. The standard InChI is InChI=1S/C22H34O4/c1-4-5-14-19(23)21-20(25-22(2,3)26-21)15-10-7-11-16-24-17-18-12-8-6-9-13-18/h4,6,8-9,12-13,19-21,23H,1,5,7,10-11,14-17H2,2-3H3/t19-,20-,21-/m0/s1. The Labute approximate surface area is 158 Å². The summed E-state index contributed by atoms with van der Waals surface area (Å²) in [5.74, 6) is -0.622. The van der Waals surface area contributed by atoms with Gasteiger partial charge in [-0.1, -0.05) is 49.2 Å². The zero-order valence-corrected chi connectivity index (χ0v) is 16.2. The maximum absolute atomic E-state index is 10.4. The van der Waals surface area contributed by atoms with Gasteiger partial charge in [0, 0.05) is 6.61 Å². The van der Waals surface area contributed by atoms with Crippen molar-refractivity contribution in [2.45, 2.75) is 83.1 Å². The third kappa shape index (κ3) is 7.20. The SMILES string of the molecule is C=CCC[C@H](O)[C@@H]1OC(C)(C)O[C@H]1CCCCCOCc1ccccc1. The minimum absolute atomic E-state index is 0.0462. The smallest absolute Gasteiger partial charge is 0.163 e. The highest BCUT2D eigenvalue weighted by molar-refractivity contribution is 5.13. The number of ether oxygens (including phenoxy) is 3. The van der Waals surface area contributed by atoms with Gasteiger partial charge >= 0.3 is 0 Å². The van der Waals surface area contributed by atoms with Gasteiger partial charge in [-0.3, -0.25) is 0 Å². The Morgan fingerprint density at radius 1 is 1.19 bits per heavy atom. The molecule has 1 aliphatic rings. The fourth-order valence-electron chi connectivity index (χ4n) is 3.36. The van der Waals surface area contributed by atoms with E-state index in [1.165, 1.54) is 5.56 Å². The largest absolute Gasteiger partial charge is 0.390 e. The maximum atomic E-state index is 10.4. The van der Waals surface area contributed by atoms with Crippen molar-refractivity contribution in [3.63, 3.8) is 0 Å². The van der Waals surface area contributed by atoms with E-state index in [1.54, 1.807) is 0 Å². The minimum Gasteiger partial charge on any atom is -0.390 e. The fraction of sp³-hybridized carbons (Fsp3) is 0.636. The van der Waals surface area contributed by atoms with Gasteiger partial charge in [0.05, 0.1) is 18.8 Å². The molecule has 4 nitrogen and oxygen atoms in total. The Bertz CT molecular complexity index is 514. The van der Waals surface area contributed by atoms with Crippen molar-refractivity contribution in [1.82, 2.24) is 0 Å². The Morgan fingerprint density at radius 2 is 1.96 bits per heavy atom. The van der Waals surface area contributed by atoms with Gasteiger partial charge in [0.15, 0.2) is 5.79 Å². The topological polar surface area (TPSA) is 47.9 Å². The van der Waals surface area contributed by atoms with Gasteiger partial charge in [-0.15, -0.1) is 6.58 Å². The molecule has 1 saturated heterocycles. The zero-order valence-electron chi connectivity index (χ0n) is 16.2. The first-order valence-electron chi connectivity index (χ1n) is 9.78. The maximum Gasteiger partial charge on any atom is 0.163 e. The third-order valence-electron chi connectivity index (χ3n) is 4.66. The number of rotatable bonds is 12. The van der Waals surface area contributed by atoms with Crippen LogP contribution in [0.2, 0.25) is 0 Å². The van der Waals surface area contributed by atoms with Gasteiger partial charge in [-0.25, -0.2) is 0 Å². The molecule has 2 rings (SSSR count). The van der Waals surface area contributed by atoms with Gasteiger partial charge < -0.3 is 19.3 Å². The van der Waals surface area contributed by atoms with Crippen molar-refractivity contribution < 1.29 is 19.3 Å². The third-order valence-corrected chi connectivity index (χ3v) is 4.66. The summed E-state index contributed by atoms with van der Waals surface area (Å²) in [7, 11) is 0. The molecule has 0 aliphatic carbocycles. The molecular weight excluding hydrogens is 328 g/mol. The zero-order chi connectivity index (χ0) is 18.8. The Morgan fingerprint density at radius 3 is 2.69 bits per heavy atom. The van der Waals surface area contributed by atoms with Crippen LogP contribution in [0.15, 0.2) is 43.0 Å². The van der Waals surface area contributed by atoms with E-state index in [2.05, 4.69) is 18.7 Å². The highest BCUT2D eigenvalue weighted by atomic mass is 16.8. The molecule has 4 heteroatoms. The van der Waals surface area contributed by atoms with E-state index in [4.69, 9.17) is 14.2 Å². The number of benzene rings is 1. The Kier molecular flexibility index (Phi) is 8.79. The van der Waals surface area contributed by atoms with E-state index >= 15 is 0 Å². The molecule has 1 N–H and O–H groups in total. The molecule has 1 aromatic carbocycles. The van der Waals surface area contributed by atoms with Crippen molar-refractivity contribution in [2.24, 2.45) is 0 Å². The number of hydrogen-bond acceptors (Lipinski definition) is 4. The Balaban J connectivity index is 1.62. The molecule has 0 spiro atoms. The molecule has 0 aromatic heterocycles. The van der Waals surface area contributed by atoms with E-state index in [-0.39, 0.29) is 12.2 Å². The monoisotopic (exact) mass is 362 g/mol. The summed E-state index contributed by atoms with van der Waals surface area (Å²) in [5, 5.41) is 10.4. The van der Waals surface area contributed by atoms with Crippen LogP contribution in [0.25, 0.3) is 0 Å². The molecule has 3 atom stereocenters. The van der Waals surface area contributed by atoms with Crippen LogP contribution in [0.4, 0.5) is 0 Å². The molecule has 1 fully saturated rings. The van der Waals surface area contributed by atoms with E-state index in [0.717, 1.165) is 38.7 Å². The van der Waals surface area contributed by atoms with Crippen molar-refractivity contribution >= 4 is 0 Å². The van der Waals surface area contributed by atoms with Crippen molar-refractivity contribution in [3.8, 4) is 0 Å². The van der Waals surface area contributed by atoms with Crippen LogP contribution in [0.3, 0.4) is 0 Å². The molecule has 0 radical (unpaired) electrons. The van der Waals surface area contributed by atoms with Crippen LogP contribution < -0.4 is 0 Å². The summed E-state index contributed by atoms with van der Waals surface area (Å²) in [5.41, 5.74) is 1.21. The molecule has 1 aliphatic heterocycles. The summed E-state index contributed by atoms with van der Waals surface area (Å²) < 4.78 is 17.7. The number of aliphatic hydroxyl groups is 1. The minimum atomic E-state index is -0.622. The molecule has 146 valence electrons. The van der Waals surface area contributed by atoms with Gasteiger partial charge in [0.2, 0.25) is 0 Å². The number of unbranched alkanes of at least 4 members (excludes halogenated alkanes) is 2. The van der Waals surface area contributed by atoms with Gasteiger partial charge in [-0.05, 0) is 45.1 Å². The lowest BCUT2D eigenvalue weighted by Crippen LogP contribution is -2.35. The Hall–Kier alpha value is -1.20. The van der Waals surface area contributed by atoms with Crippen molar-refractivity contribution in [3.05, 3.63) is 48.6 Å². The summed E-state index contributed by atoms with van der Waals surface area (Å²) in [6.07, 6.45) is 6.54. The van der Waals surface area contributed by atoms with Crippen LogP contribution in [-0.2, 0) is 20.8 Å². The quantitative estimate of drug-likeness (QED) is 0.436. The first-order valence-corrected chi connectivity index (χ1v) is 9.78. The van der Waals surface area contributed by atoms with Crippen LogP contribution >= 0.6 is 0 Å². The second kappa shape index (κ2) is 10.8. The molecule has 26 heavy (non-hydrogen) atoms. The van der Waals surface area contributed by atoms with E-state index < -0.39 is 11.9 Å². The van der Waals surface area contributed by atoms with Crippen LogP contribution in [-0.4, -0.2) is 35.8 Å². The lowest BCUT2D eigenvalue weighted by atomic mass is 9.99. The molecule has 0 amide bonds. The highest BCUT2D eigenvalue weighted by Gasteiger charge is 2.43. The molecule has 0 bridgehead atoms. The van der Waals surface area contributed by atoms with Crippen molar-refractivity contribution in [1.29, 1.82) is 0 Å². The van der Waals surface area contributed by atoms with Crippen LogP contribution in [0.5, 0.6) is 0 Å². The molecular formula is C22H34O4. The summed E-state index contributed by atoms with van der Waals surface area (Å²) in [6, 6.07) is 10.2. The lowest BCUT2D eigenvalue weighted by Gasteiger charge is -2.22. The van der Waals surface area contributed by atoms with Crippen LogP contribution in [0, 0.1) is 0 Å². The highest BCUT2D eigenvalue weighted by Crippen LogP contribution is 2.33. The second-order valence-electron chi connectivity index (χ2n) is 7.46. The fourth-order valence-corrected chi connectivity index (χ4v) is 3.36. The lowest BCUT2D eigenvalue weighted by molar-refractivity contribution is -0.155.